The molecule has 128 valence electrons. The van der Waals surface area contributed by atoms with Crippen molar-refractivity contribution in [3.63, 3.8) is 0 Å². The molecular formula is C19H19FN4O. The monoisotopic (exact) mass is 338 g/mol. The number of benzene rings is 2. The topological polar surface area (TPSA) is 59.0 Å². The van der Waals surface area contributed by atoms with Crippen molar-refractivity contribution in [1.29, 1.82) is 0 Å². The van der Waals surface area contributed by atoms with Crippen molar-refractivity contribution in [3.05, 3.63) is 71.8 Å². The van der Waals surface area contributed by atoms with Gasteiger partial charge in [-0.15, -0.1) is 0 Å². The molecule has 0 aliphatic rings. The van der Waals surface area contributed by atoms with Gasteiger partial charge in [0, 0.05) is 5.69 Å². The van der Waals surface area contributed by atoms with Crippen molar-refractivity contribution in [1.82, 2.24) is 9.78 Å². The second kappa shape index (κ2) is 7.17. The van der Waals surface area contributed by atoms with Crippen LogP contribution in [0.25, 0.3) is 5.69 Å². The molecule has 6 heteroatoms. The summed E-state index contributed by atoms with van der Waals surface area (Å²) in [5.41, 5.74) is 3.77. The summed E-state index contributed by atoms with van der Waals surface area (Å²) in [6.07, 6.45) is 0. The van der Waals surface area contributed by atoms with Crippen LogP contribution in [0.15, 0.2) is 54.6 Å². The van der Waals surface area contributed by atoms with E-state index in [-0.39, 0.29) is 18.3 Å². The Morgan fingerprint density at radius 3 is 2.60 bits per heavy atom. The van der Waals surface area contributed by atoms with E-state index < -0.39 is 0 Å². The summed E-state index contributed by atoms with van der Waals surface area (Å²) >= 11 is 0. The third-order valence-corrected chi connectivity index (χ3v) is 3.83. The molecule has 0 unspecified atom stereocenters. The van der Waals surface area contributed by atoms with Crippen LogP contribution in [0.2, 0.25) is 0 Å². The Hall–Kier alpha value is -3.15. The number of nitrogens with one attached hydrogen (secondary N) is 2. The number of aromatic nitrogens is 2. The Labute approximate surface area is 145 Å². The Balaban J connectivity index is 1.70. The molecule has 0 aliphatic heterocycles. The van der Waals surface area contributed by atoms with E-state index in [9.17, 15) is 9.18 Å². The predicted octanol–water partition coefficient (Wildman–Crippen LogP) is 3.68. The van der Waals surface area contributed by atoms with Gasteiger partial charge in [0.2, 0.25) is 5.91 Å². The molecular weight excluding hydrogens is 319 g/mol. The SMILES string of the molecule is Cc1nn(-c2ccccc2)c(C)c1NC(=O)CNc1cccc(F)c1. The number of carbonyl (C=O) groups is 1. The second-order valence-electron chi connectivity index (χ2n) is 5.71. The van der Waals surface area contributed by atoms with Gasteiger partial charge in [0.25, 0.3) is 0 Å². The summed E-state index contributed by atoms with van der Waals surface area (Å²) in [6.45, 7) is 3.80. The Morgan fingerprint density at radius 1 is 1.12 bits per heavy atom. The van der Waals surface area contributed by atoms with Crippen LogP contribution >= 0.6 is 0 Å². The number of carbonyl (C=O) groups excluding carboxylic acids is 1. The standard InChI is InChI=1S/C19H19FN4O/c1-13-19(14(2)24(23-13)17-9-4-3-5-10-17)22-18(25)12-21-16-8-6-7-15(20)11-16/h3-11,21H,12H2,1-2H3,(H,22,25). The summed E-state index contributed by atoms with van der Waals surface area (Å²) in [6, 6.07) is 15.7. The first-order chi connectivity index (χ1) is 12.0. The molecule has 2 aromatic carbocycles. The van der Waals surface area contributed by atoms with Gasteiger partial charge in [-0.2, -0.15) is 5.10 Å². The lowest BCUT2D eigenvalue weighted by Gasteiger charge is -2.09. The van der Waals surface area contributed by atoms with Gasteiger partial charge in [0.15, 0.2) is 0 Å². The highest BCUT2D eigenvalue weighted by Gasteiger charge is 2.15. The van der Waals surface area contributed by atoms with Crippen LogP contribution in [0.3, 0.4) is 0 Å². The number of nitrogens with zero attached hydrogens (tertiary/aromatic N) is 2. The zero-order valence-electron chi connectivity index (χ0n) is 14.1. The average Bonchev–Trinajstić information content (AvgIpc) is 2.89. The quantitative estimate of drug-likeness (QED) is 0.746. The Morgan fingerprint density at radius 2 is 1.88 bits per heavy atom. The molecule has 0 aliphatic carbocycles. The third-order valence-electron chi connectivity index (χ3n) is 3.83. The van der Waals surface area contributed by atoms with Gasteiger partial charge in [-0.05, 0) is 44.2 Å². The first kappa shape index (κ1) is 16.7. The maximum Gasteiger partial charge on any atom is 0.243 e. The number of para-hydroxylation sites is 1. The Bertz CT molecular complexity index is 890. The van der Waals surface area contributed by atoms with Gasteiger partial charge in [-0.3, -0.25) is 4.79 Å². The molecule has 3 rings (SSSR count). The van der Waals surface area contributed by atoms with Crippen LogP contribution in [0.5, 0.6) is 0 Å². The first-order valence-corrected chi connectivity index (χ1v) is 7.95. The normalized spacial score (nSPS) is 10.5. The molecule has 5 nitrogen and oxygen atoms in total. The maximum absolute atomic E-state index is 13.2. The first-order valence-electron chi connectivity index (χ1n) is 7.95. The van der Waals surface area contributed by atoms with Crippen molar-refractivity contribution in [2.24, 2.45) is 0 Å². The molecule has 0 spiro atoms. The molecule has 2 N–H and O–H groups in total. The molecule has 0 radical (unpaired) electrons. The van der Waals surface area contributed by atoms with E-state index in [2.05, 4.69) is 15.7 Å². The zero-order valence-corrected chi connectivity index (χ0v) is 14.1. The molecule has 0 bridgehead atoms. The summed E-state index contributed by atoms with van der Waals surface area (Å²) in [7, 11) is 0. The molecule has 3 aromatic rings. The summed E-state index contributed by atoms with van der Waals surface area (Å²) in [5.74, 6) is -0.565. The average molecular weight is 338 g/mol. The number of hydrogen-bond acceptors (Lipinski definition) is 3. The zero-order chi connectivity index (χ0) is 17.8. The molecule has 0 fully saturated rings. The van der Waals surface area contributed by atoms with Crippen molar-refractivity contribution < 1.29 is 9.18 Å². The lowest BCUT2D eigenvalue weighted by atomic mass is 10.3. The van der Waals surface area contributed by atoms with Gasteiger partial charge in [-0.1, -0.05) is 24.3 Å². The van der Waals surface area contributed by atoms with E-state index >= 15 is 0 Å². The van der Waals surface area contributed by atoms with Crippen LogP contribution < -0.4 is 10.6 Å². The molecule has 25 heavy (non-hydrogen) atoms. The maximum atomic E-state index is 13.2. The van der Waals surface area contributed by atoms with E-state index in [1.54, 1.807) is 16.8 Å². The molecule has 1 aromatic heterocycles. The fourth-order valence-electron chi connectivity index (χ4n) is 2.61. The van der Waals surface area contributed by atoms with Gasteiger partial charge < -0.3 is 10.6 Å². The van der Waals surface area contributed by atoms with E-state index in [1.807, 2.05) is 44.2 Å². The number of amides is 1. The van der Waals surface area contributed by atoms with Crippen LogP contribution in [-0.2, 0) is 4.79 Å². The third kappa shape index (κ3) is 3.85. The van der Waals surface area contributed by atoms with Crippen molar-refractivity contribution >= 4 is 17.3 Å². The Kier molecular flexibility index (Phi) is 4.79. The number of aryl methyl sites for hydroxylation is 1. The summed E-state index contributed by atoms with van der Waals surface area (Å²) in [4.78, 5) is 12.2. The summed E-state index contributed by atoms with van der Waals surface area (Å²) in [5, 5.41) is 10.3. The number of hydrogen-bond donors (Lipinski definition) is 2. The molecule has 1 amide bonds. The van der Waals surface area contributed by atoms with Crippen LogP contribution in [0, 0.1) is 19.7 Å². The molecule has 1 heterocycles. The summed E-state index contributed by atoms with van der Waals surface area (Å²) < 4.78 is 15.0. The minimum atomic E-state index is -0.346. The second-order valence-corrected chi connectivity index (χ2v) is 5.71. The van der Waals surface area contributed by atoms with Gasteiger partial charge in [0.05, 0.1) is 29.3 Å². The minimum absolute atomic E-state index is 0.0405. The van der Waals surface area contributed by atoms with Crippen LogP contribution in [-0.4, -0.2) is 22.2 Å². The van der Waals surface area contributed by atoms with E-state index in [1.165, 1.54) is 12.1 Å². The number of rotatable bonds is 5. The highest BCUT2D eigenvalue weighted by Crippen LogP contribution is 2.22. The van der Waals surface area contributed by atoms with Gasteiger partial charge in [0.1, 0.15) is 5.82 Å². The molecule has 0 atom stereocenters. The minimum Gasteiger partial charge on any atom is -0.376 e. The highest BCUT2D eigenvalue weighted by atomic mass is 19.1. The number of anilines is 2. The smallest absolute Gasteiger partial charge is 0.243 e. The fraction of sp³-hybridized carbons (Fsp3) is 0.158. The largest absolute Gasteiger partial charge is 0.376 e. The van der Waals surface area contributed by atoms with Crippen molar-refractivity contribution in [2.75, 3.05) is 17.2 Å². The van der Waals surface area contributed by atoms with Gasteiger partial charge in [-0.25, -0.2) is 9.07 Å². The van der Waals surface area contributed by atoms with Crippen LogP contribution in [0.1, 0.15) is 11.4 Å². The predicted molar refractivity (Wildman–Crippen MR) is 96.6 cm³/mol. The van der Waals surface area contributed by atoms with Crippen molar-refractivity contribution in [2.45, 2.75) is 13.8 Å². The van der Waals surface area contributed by atoms with E-state index in [0.29, 0.717) is 11.4 Å². The van der Waals surface area contributed by atoms with E-state index in [0.717, 1.165) is 17.1 Å². The molecule has 0 saturated carbocycles. The van der Waals surface area contributed by atoms with Crippen molar-refractivity contribution in [3.8, 4) is 5.69 Å². The van der Waals surface area contributed by atoms with E-state index in [4.69, 9.17) is 0 Å². The molecule has 0 saturated heterocycles. The van der Waals surface area contributed by atoms with Gasteiger partial charge >= 0.3 is 0 Å². The fourth-order valence-corrected chi connectivity index (χ4v) is 2.61. The van der Waals surface area contributed by atoms with Crippen LogP contribution in [0.4, 0.5) is 15.8 Å². The number of halogens is 1. The lowest BCUT2D eigenvalue weighted by molar-refractivity contribution is -0.114. The highest BCUT2D eigenvalue weighted by molar-refractivity contribution is 5.94. The lowest BCUT2D eigenvalue weighted by Crippen LogP contribution is -2.22.